The Bertz CT molecular complexity index is 698. The number of hydrogen-bond donors (Lipinski definition) is 2. The maximum atomic E-state index is 5.56. The maximum Gasteiger partial charge on any atom is 0.170 e. The highest BCUT2D eigenvalue weighted by atomic mass is 32.1. The van der Waals surface area contributed by atoms with E-state index in [4.69, 9.17) is 12.2 Å². The molecule has 166 valence electrons. The Balaban J connectivity index is 1.21. The van der Waals surface area contributed by atoms with Gasteiger partial charge < -0.3 is 20.4 Å². The van der Waals surface area contributed by atoms with Gasteiger partial charge in [0.15, 0.2) is 5.11 Å². The number of hydrogen-bond acceptors (Lipinski definition) is 4. The molecule has 2 N–H and O–H groups in total. The molecule has 4 unspecified atom stereocenters. The summed E-state index contributed by atoms with van der Waals surface area (Å²) < 4.78 is 0. The third-order valence-electron chi connectivity index (χ3n) is 7.52. The van der Waals surface area contributed by atoms with E-state index in [9.17, 15) is 0 Å². The fraction of sp³-hybridized carbons (Fsp3) is 0.708. The van der Waals surface area contributed by atoms with Crippen molar-refractivity contribution in [2.75, 3.05) is 63.6 Å². The van der Waals surface area contributed by atoms with Crippen molar-refractivity contribution in [1.82, 2.24) is 15.1 Å². The van der Waals surface area contributed by atoms with E-state index in [0.29, 0.717) is 6.04 Å². The molecule has 4 aliphatic heterocycles. The van der Waals surface area contributed by atoms with Crippen molar-refractivity contribution >= 4 is 28.7 Å². The van der Waals surface area contributed by atoms with Crippen molar-refractivity contribution in [3.8, 4) is 0 Å². The largest absolute Gasteiger partial charge is 0.378 e. The van der Waals surface area contributed by atoms with Crippen LogP contribution in [0.25, 0.3) is 0 Å². The highest BCUT2D eigenvalue weighted by molar-refractivity contribution is 7.80. The predicted molar refractivity (Wildman–Crippen MR) is 131 cm³/mol. The molecule has 2 bridgehead atoms. The summed E-state index contributed by atoms with van der Waals surface area (Å²) in [5, 5.41) is 7.55. The van der Waals surface area contributed by atoms with Crippen LogP contribution in [0.5, 0.6) is 0 Å². The smallest absolute Gasteiger partial charge is 0.170 e. The van der Waals surface area contributed by atoms with Crippen LogP contribution in [0.2, 0.25) is 0 Å². The zero-order valence-corrected chi connectivity index (χ0v) is 19.8. The molecule has 0 amide bonds. The third kappa shape index (κ3) is 5.45. The Morgan fingerprint density at radius 3 is 2.47 bits per heavy atom. The number of anilines is 2. The van der Waals surface area contributed by atoms with Crippen LogP contribution in [-0.4, -0.2) is 74.3 Å². The molecular formula is C24H39N5S. The van der Waals surface area contributed by atoms with Crippen LogP contribution in [0.3, 0.4) is 0 Å². The highest BCUT2D eigenvalue weighted by Gasteiger charge is 2.40. The van der Waals surface area contributed by atoms with E-state index in [2.05, 4.69) is 70.6 Å². The predicted octanol–water partition coefficient (Wildman–Crippen LogP) is 3.48. The minimum absolute atomic E-state index is 0.622. The summed E-state index contributed by atoms with van der Waals surface area (Å²) in [4.78, 5) is 7.56. The van der Waals surface area contributed by atoms with Crippen LogP contribution >= 0.6 is 12.2 Å². The lowest BCUT2D eigenvalue weighted by Crippen LogP contribution is -2.58. The molecule has 1 aromatic rings. The van der Waals surface area contributed by atoms with Gasteiger partial charge in [0.25, 0.3) is 0 Å². The number of benzene rings is 1. The first-order valence-electron chi connectivity index (χ1n) is 11.8. The van der Waals surface area contributed by atoms with Gasteiger partial charge >= 0.3 is 0 Å². The van der Waals surface area contributed by atoms with E-state index < -0.39 is 0 Å². The average Bonchev–Trinajstić information content (AvgIpc) is 2.75. The van der Waals surface area contributed by atoms with Crippen molar-refractivity contribution in [3.63, 3.8) is 0 Å². The standard InChI is InChI=1S/C24H39N5S/c1-18-8-11-28(12-9-18)16-20-17-29-13-10-19(20)14-23(29)15-25-24(30)26-21-4-6-22(7-5-21)27(2)3/h4-7,18-20,23H,8-17H2,1-3H3,(H2,25,26,30). The molecule has 0 aliphatic carbocycles. The zero-order chi connectivity index (χ0) is 21.1. The van der Waals surface area contributed by atoms with Crippen LogP contribution in [0.15, 0.2) is 24.3 Å². The summed E-state index contributed by atoms with van der Waals surface area (Å²) in [5.41, 5.74) is 2.23. The van der Waals surface area contributed by atoms with E-state index in [1.807, 2.05) is 0 Å². The van der Waals surface area contributed by atoms with Crippen molar-refractivity contribution < 1.29 is 0 Å². The average molecular weight is 430 g/mol. The second kappa shape index (κ2) is 9.84. The van der Waals surface area contributed by atoms with Crippen molar-refractivity contribution in [1.29, 1.82) is 0 Å². The van der Waals surface area contributed by atoms with Gasteiger partial charge in [0.1, 0.15) is 0 Å². The molecule has 5 nitrogen and oxygen atoms in total. The van der Waals surface area contributed by atoms with Gasteiger partial charge in [-0.25, -0.2) is 0 Å². The van der Waals surface area contributed by atoms with E-state index >= 15 is 0 Å². The molecule has 4 fully saturated rings. The summed E-state index contributed by atoms with van der Waals surface area (Å²) in [6.07, 6.45) is 5.47. The maximum absolute atomic E-state index is 5.56. The molecule has 6 heteroatoms. The lowest BCUT2D eigenvalue weighted by Gasteiger charge is -2.51. The van der Waals surface area contributed by atoms with Crippen LogP contribution in [-0.2, 0) is 0 Å². The molecule has 0 saturated carbocycles. The second-order valence-electron chi connectivity index (χ2n) is 9.95. The molecule has 4 aliphatic rings. The van der Waals surface area contributed by atoms with Gasteiger partial charge in [-0.15, -0.1) is 0 Å². The first kappa shape index (κ1) is 21.8. The molecule has 0 aromatic heterocycles. The van der Waals surface area contributed by atoms with Gasteiger partial charge in [-0.05, 0) is 99.6 Å². The number of nitrogens with one attached hydrogen (secondary N) is 2. The van der Waals surface area contributed by atoms with Crippen LogP contribution < -0.4 is 15.5 Å². The Morgan fingerprint density at radius 1 is 1.10 bits per heavy atom. The van der Waals surface area contributed by atoms with Gasteiger partial charge in [-0.1, -0.05) is 6.92 Å². The van der Waals surface area contributed by atoms with Gasteiger partial charge in [0.2, 0.25) is 0 Å². The fourth-order valence-electron chi connectivity index (χ4n) is 5.47. The number of fused-ring (bicyclic) bond motifs is 3. The van der Waals surface area contributed by atoms with Gasteiger partial charge in [-0.2, -0.15) is 0 Å². The van der Waals surface area contributed by atoms with E-state index in [0.717, 1.165) is 35.1 Å². The molecule has 0 spiro atoms. The molecule has 1 aromatic carbocycles. The summed E-state index contributed by atoms with van der Waals surface area (Å²) in [7, 11) is 4.11. The minimum Gasteiger partial charge on any atom is -0.378 e. The first-order valence-corrected chi connectivity index (χ1v) is 12.2. The van der Waals surface area contributed by atoms with Gasteiger partial charge in [-0.3, -0.25) is 4.90 Å². The first-order chi connectivity index (χ1) is 14.5. The van der Waals surface area contributed by atoms with Crippen LogP contribution in [0.4, 0.5) is 11.4 Å². The normalized spacial score (nSPS) is 29.6. The van der Waals surface area contributed by atoms with Crippen LogP contribution in [0.1, 0.15) is 32.6 Å². The highest BCUT2D eigenvalue weighted by Crippen LogP contribution is 2.37. The van der Waals surface area contributed by atoms with Gasteiger partial charge in [0.05, 0.1) is 0 Å². The zero-order valence-electron chi connectivity index (χ0n) is 18.9. The fourth-order valence-corrected chi connectivity index (χ4v) is 5.67. The van der Waals surface area contributed by atoms with Crippen molar-refractivity contribution in [2.45, 2.75) is 38.6 Å². The number of rotatable bonds is 6. The molecule has 4 saturated heterocycles. The SMILES string of the molecule is CC1CCN(CC2CN3CCC2CC3CNC(=S)Nc2ccc(N(C)C)cc2)CC1. The van der Waals surface area contributed by atoms with E-state index in [1.165, 1.54) is 64.1 Å². The molecular weight excluding hydrogens is 390 g/mol. The minimum atomic E-state index is 0.622. The lowest BCUT2D eigenvalue weighted by atomic mass is 9.75. The quantitative estimate of drug-likeness (QED) is 0.674. The summed E-state index contributed by atoms with van der Waals surface area (Å²) in [6, 6.07) is 9.01. The molecule has 0 radical (unpaired) electrons. The Labute approximate surface area is 188 Å². The van der Waals surface area contributed by atoms with Crippen molar-refractivity contribution in [3.05, 3.63) is 24.3 Å². The molecule has 30 heavy (non-hydrogen) atoms. The monoisotopic (exact) mass is 429 g/mol. The Kier molecular flexibility index (Phi) is 7.16. The summed E-state index contributed by atoms with van der Waals surface area (Å²) >= 11 is 5.56. The molecule has 4 heterocycles. The Hall–Kier alpha value is -1.37. The number of thiocarbonyl (C=S) groups is 1. The number of piperidine rings is 4. The molecule has 4 atom stereocenters. The van der Waals surface area contributed by atoms with Gasteiger partial charge in [0, 0.05) is 51.1 Å². The van der Waals surface area contributed by atoms with E-state index in [-0.39, 0.29) is 0 Å². The molecule has 5 rings (SSSR count). The lowest BCUT2D eigenvalue weighted by molar-refractivity contribution is -0.0138. The van der Waals surface area contributed by atoms with Crippen molar-refractivity contribution in [2.24, 2.45) is 17.8 Å². The second-order valence-corrected chi connectivity index (χ2v) is 10.4. The summed E-state index contributed by atoms with van der Waals surface area (Å²) in [5.74, 6) is 2.68. The topological polar surface area (TPSA) is 33.8 Å². The van der Waals surface area contributed by atoms with E-state index in [1.54, 1.807) is 0 Å². The Morgan fingerprint density at radius 2 is 1.83 bits per heavy atom. The van der Waals surface area contributed by atoms with Crippen LogP contribution in [0, 0.1) is 17.8 Å². The summed E-state index contributed by atoms with van der Waals surface area (Å²) in [6.45, 7) is 9.83. The number of nitrogens with zero attached hydrogens (tertiary/aromatic N) is 3. The number of likely N-dealkylation sites (tertiary alicyclic amines) is 1. The third-order valence-corrected chi connectivity index (χ3v) is 7.77.